The highest BCUT2D eigenvalue weighted by atomic mass is 16.5. The number of aromatic nitrogens is 2. The Labute approximate surface area is 188 Å². The fraction of sp³-hybridized carbons (Fsp3) is 0.560. The van der Waals surface area contributed by atoms with Gasteiger partial charge in [-0.05, 0) is 56.9 Å². The van der Waals surface area contributed by atoms with Crippen molar-refractivity contribution in [3.63, 3.8) is 0 Å². The molecule has 0 radical (unpaired) electrons. The molecule has 0 aliphatic heterocycles. The summed E-state index contributed by atoms with van der Waals surface area (Å²) in [5.41, 5.74) is -0.0767. The van der Waals surface area contributed by atoms with E-state index in [1.807, 2.05) is 19.1 Å². The smallest absolute Gasteiger partial charge is 0.334 e. The van der Waals surface area contributed by atoms with Crippen molar-refractivity contribution in [2.75, 3.05) is 6.61 Å². The fourth-order valence-corrected chi connectivity index (χ4v) is 5.03. The number of benzene rings is 1. The first-order valence-corrected chi connectivity index (χ1v) is 12.0. The Kier molecular flexibility index (Phi) is 7.12. The molecular formula is C25H33N3O4. The zero-order valence-electron chi connectivity index (χ0n) is 18.8. The third-order valence-electron chi connectivity index (χ3n) is 6.70. The molecule has 1 aromatic carbocycles. The average molecular weight is 440 g/mol. The minimum absolute atomic E-state index is 0.0793. The quantitative estimate of drug-likeness (QED) is 0.650. The Morgan fingerprint density at radius 1 is 0.938 bits per heavy atom. The molecule has 172 valence electrons. The molecular weight excluding hydrogens is 406 g/mol. The van der Waals surface area contributed by atoms with Crippen molar-refractivity contribution in [1.82, 2.24) is 9.13 Å². The van der Waals surface area contributed by atoms with Crippen molar-refractivity contribution in [1.29, 1.82) is 0 Å². The predicted molar refractivity (Wildman–Crippen MR) is 126 cm³/mol. The molecule has 1 N–H and O–H groups in total. The highest BCUT2D eigenvalue weighted by Gasteiger charge is 2.28. The lowest BCUT2D eigenvalue weighted by Crippen LogP contribution is -2.45. The molecule has 0 saturated heterocycles. The van der Waals surface area contributed by atoms with Gasteiger partial charge in [-0.25, -0.2) is 4.79 Å². The van der Waals surface area contributed by atoms with Crippen LogP contribution in [0.15, 0.2) is 38.8 Å². The zero-order valence-corrected chi connectivity index (χ0v) is 18.8. The topological polar surface area (TPSA) is 85.8 Å². The number of rotatable bonds is 6. The number of hydrogen-bond donors (Lipinski definition) is 1. The summed E-state index contributed by atoms with van der Waals surface area (Å²) in [6.45, 7) is 2.51. The summed E-state index contributed by atoms with van der Waals surface area (Å²) in [6, 6.07) is 7.05. The summed E-state index contributed by atoms with van der Waals surface area (Å²) in [6.07, 6.45) is 11.1. The molecule has 32 heavy (non-hydrogen) atoms. The van der Waals surface area contributed by atoms with Gasteiger partial charge in [0.25, 0.3) is 5.56 Å². The van der Waals surface area contributed by atoms with Gasteiger partial charge >= 0.3 is 5.69 Å². The molecule has 7 nitrogen and oxygen atoms in total. The van der Waals surface area contributed by atoms with Crippen LogP contribution in [0, 0.1) is 0 Å². The van der Waals surface area contributed by atoms with Crippen LogP contribution in [-0.4, -0.2) is 27.1 Å². The molecule has 1 aromatic heterocycles. The van der Waals surface area contributed by atoms with Gasteiger partial charge in [-0.1, -0.05) is 38.5 Å². The van der Waals surface area contributed by atoms with Gasteiger partial charge in [0.2, 0.25) is 5.88 Å². The lowest BCUT2D eigenvalue weighted by atomic mass is 9.94. The van der Waals surface area contributed by atoms with E-state index in [0.29, 0.717) is 12.3 Å². The van der Waals surface area contributed by atoms with Gasteiger partial charge in [-0.15, -0.1) is 0 Å². The second-order valence-corrected chi connectivity index (χ2v) is 8.83. The molecule has 2 aliphatic carbocycles. The summed E-state index contributed by atoms with van der Waals surface area (Å²) in [7, 11) is 0. The number of aromatic hydroxyl groups is 1. The van der Waals surface area contributed by atoms with E-state index in [0.717, 1.165) is 70.0 Å². The predicted octanol–water partition coefficient (Wildman–Crippen LogP) is 4.88. The van der Waals surface area contributed by atoms with Crippen molar-refractivity contribution in [2.24, 2.45) is 4.99 Å². The Bertz CT molecular complexity index is 1060. The Morgan fingerprint density at radius 2 is 1.50 bits per heavy atom. The van der Waals surface area contributed by atoms with Crippen LogP contribution in [0.2, 0.25) is 0 Å². The Morgan fingerprint density at radius 3 is 2.06 bits per heavy atom. The molecule has 0 spiro atoms. The summed E-state index contributed by atoms with van der Waals surface area (Å²) >= 11 is 0. The van der Waals surface area contributed by atoms with Crippen LogP contribution in [0.3, 0.4) is 0 Å². The molecule has 2 fully saturated rings. The molecule has 1 heterocycles. The van der Waals surface area contributed by atoms with Crippen molar-refractivity contribution in [3.8, 4) is 11.6 Å². The van der Waals surface area contributed by atoms with Crippen LogP contribution in [0.25, 0.3) is 0 Å². The van der Waals surface area contributed by atoms with Gasteiger partial charge in [0.05, 0.1) is 12.3 Å². The van der Waals surface area contributed by atoms with E-state index in [1.54, 1.807) is 12.1 Å². The van der Waals surface area contributed by atoms with Gasteiger partial charge in [-0.2, -0.15) is 0 Å². The normalized spacial score (nSPS) is 18.3. The van der Waals surface area contributed by atoms with Gasteiger partial charge < -0.3 is 9.84 Å². The minimum Gasteiger partial charge on any atom is -0.494 e. The first kappa shape index (κ1) is 22.4. The van der Waals surface area contributed by atoms with Crippen LogP contribution >= 0.6 is 0 Å². The summed E-state index contributed by atoms with van der Waals surface area (Å²) in [4.78, 5) is 31.3. The first-order chi connectivity index (χ1) is 15.6. The highest BCUT2D eigenvalue weighted by molar-refractivity contribution is 5.84. The lowest BCUT2D eigenvalue weighted by Gasteiger charge is -2.29. The number of aliphatic imine (C=N–C) groups is 1. The van der Waals surface area contributed by atoms with Crippen LogP contribution in [0.5, 0.6) is 11.6 Å². The van der Waals surface area contributed by atoms with E-state index >= 15 is 0 Å². The molecule has 2 saturated carbocycles. The Balaban J connectivity index is 1.77. The number of ether oxygens (including phenoxy) is 1. The van der Waals surface area contributed by atoms with Crippen LogP contribution in [0.4, 0.5) is 5.69 Å². The first-order valence-electron chi connectivity index (χ1n) is 12.0. The van der Waals surface area contributed by atoms with Crippen LogP contribution in [-0.2, 0) is 0 Å². The van der Waals surface area contributed by atoms with E-state index < -0.39 is 5.56 Å². The summed E-state index contributed by atoms with van der Waals surface area (Å²) in [5, 5.41) is 11.1. The second kappa shape index (κ2) is 10.2. The molecule has 2 aromatic rings. The second-order valence-electron chi connectivity index (χ2n) is 8.83. The summed E-state index contributed by atoms with van der Waals surface area (Å²) in [5.74, 6) is 0.494. The maximum absolute atomic E-state index is 13.4. The van der Waals surface area contributed by atoms with Crippen molar-refractivity contribution < 1.29 is 9.84 Å². The number of hydrogen-bond acceptors (Lipinski definition) is 5. The number of nitrogens with zero attached hydrogens (tertiary/aromatic N) is 3. The molecule has 4 rings (SSSR count). The van der Waals surface area contributed by atoms with Crippen molar-refractivity contribution >= 4 is 11.9 Å². The van der Waals surface area contributed by atoms with E-state index in [9.17, 15) is 14.7 Å². The minimum atomic E-state index is -0.443. The standard InChI is InChI=1S/C25H33N3O4/c1-2-32-21-15-13-18(14-16-21)26-17-22-23(29)27(19-9-5-3-6-10-19)25(31)28(24(22)30)20-11-7-4-8-12-20/h13-17,19-20,29H,2-12H2,1H3. The molecule has 0 amide bonds. The average Bonchev–Trinajstić information content (AvgIpc) is 2.82. The third-order valence-corrected chi connectivity index (χ3v) is 6.70. The van der Waals surface area contributed by atoms with Gasteiger partial charge in [-0.3, -0.25) is 18.9 Å². The zero-order chi connectivity index (χ0) is 22.5. The van der Waals surface area contributed by atoms with Crippen molar-refractivity contribution in [3.05, 3.63) is 50.7 Å². The SMILES string of the molecule is CCOc1ccc(N=Cc2c(O)n(C3CCCCC3)c(=O)n(C3CCCCC3)c2=O)cc1. The van der Waals surface area contributed by atoms with Gasteiger partial charge in [0.1, 0.15) is 11.3 Å². The molecule has 7 heteroatoms. The van der Waals surface area contributed by atoms with Crippen LogP contribution < -0.4 is 16.0 Å². The van der Waals surface area contributed by atoms with E-state index in [1.165, 1.54) is 15.3 Å². The molecule has 0 unspecified atom stereocenters. The fourth-order valence-electron chi connectivity index (χ4n) is 5.03. The lowest BCUT2D eigenvalue weighted by molar-refractivity contribution is 0.271. The van der Waals surface area contributed by atoms with Gasteiger partial charge in [0, 0.05) is 18.3 Å². The van der Waals surface area contributed by atoms with Crippen molar-refractivity contribution in [2.45, 2.75) is 83.2 Å². The van der Waals surface area contributed by atoms with E-state index in [4.69, 9.17) is 4.74 Å². The Hall–Kier alpha value is -2.83. The van der Waals surface area contributed by atoms with Crippen LogP contribution in [0.1, 0.15) is 88.8 Å². The highest BCUT2D eigenvalue weighted by Crippen LogP contribution is 2.32. The maximum Gasteiger partial charge on any atom is 0.334 e. The monoisotopic (exact) mass is 439 g/mol. The largest absolute Gasteiger partial charge is 0.494 e. The maximum atomic E-state index is 13.4. The third kappa shape index (κ3) is 4.66. The summed E-state index contributed by atoms with van der Waals surface area (Å²) < 4.78 is 8.32. The van der Waals surface area contributed by atoms with E-state index in [-0.39, 0.29) is 29.2 Å². The van der Waals surface area contributed by atoms with Gasteiger partial charge in [0.15, 0.2) is 0 Å². The molecule has 0 atom stereocenters. The molecule has 0 bridgehead atoms. The van der Waals surface area contributed by atoms with E-state index in [2.05, 4.69) is 4.99 Å². The molecule has 2 aliphatic rings.